The number of rotatable bonds is 8. The number of piperidine rings is 1. The van der Waals surface area contributed by atoms with E-state index >= 15 is 0 Å². The van der Waals surface area contributed by atoms with Crippen LogP contribution < -0.4 is 4.74 Å². The van der Waals surface area contributed by atoms with Gasteiger partial charge in [0.1, 0.15) is 5.75 Å². The van der Waals surface area contributed by atoms with Crippen LogP contribution in [0.3, 0.4) is 0 Å². The molecule has 0 spiro atoms. The number of benzene rings is 2. The number of aryl methyl sites for hydroxylation is 1. The van der Waals surface area contributed by atoms with E-state index in [0.29, 0.717) is 30.6 Å². The summed E-state index contributed by atoms with van der Waals surface area (Å²) in [5.74, 6) is -0.388. The summed E-state index contributed by atoms with van der Waals surface area (Å²) in [6, 6.07) is 13.3. The van der Waals surface area contributed by atoms with Gasteiger partial charge < -0.3 is 9.84 Å². The monoisotopic (exact) mass is 431 g/mol. The zero-order valence-electron chi connectivity index (χ0n) is 16.8. The molecule has 0 radical (unpaired) electrons. The van der Waals surface area contributed by atoms with Crippen molar-refractivity contribution in [2.75, 3.05) is 20.2 Å². The number of carbonyl (C=O) groups is 2. The standard InChI is InChI=1S/C22H25NO6S/c1-29-19-7-5-17(6-8-19)22(26)18-12-14-23(15-13-18)30(27,28)20-9-2-16(3-10-20)4-11-21(24)25/h2-3,5-10,18H,4,11-15H2,1H3,(H,24,25). The third kappa shape index (κ3) is 5.06. The first-order valence-electron chi connectivity index (χ1n) is 9.80. The molecule has 0 amide bonds. The van der Waals surface area contributed by atoms with Gasteiger partial charge in [0.05, 0.1) is 12.0 Å². The van der Waals surface area contributed by atoms with Crippen LogP contribution >= 0.6 is 0 Å². The highest BCUT2D eigenvalue weighted by molar-refractivity contribution is 7.89. The summed E-state index contributed by atoms with van der Waals surface area (Å²) in [6.07, 6.45) is 1.30. The number of carboxylic acid groups (broad SMARTS) is 1. The molecule has 160 valence electrons. The summed E-state index contributed by atoms with van der Waals surface area (Å²) in [5.41, 5.74) is 1.38. The number of carbonyl (C=O) groups excluding carboxylic acids is 1. The van der Waals surface area contributed by atoms with Crippen LogP contribution in [0, 0.1) is 5.92 Å². The fourth-order valence-corrected chi connectivity index (χ4v) is 5.05. The van der Waals surface area contributed by atoms with Crippen molar-refractivity contribution >= 4 is 21.8 Å². The highest BCUT2D eigenvalue weighted by Crippen LogP contribution is 2.27. The second-order valence-corrected chi connectivity index (χ2v) is 9.25. The highest BCUT2D eigenvalue weighted by Gasteiger charge is 2.32. The molecule has 2 aromatic rings. The summed E-state index contributed by atoms with van der Waals surface area (Å²) >= 11 is 0. The van der Waals surface area contributed by atoms with Crippen LogP contribution in [0.5, 0.6) is 5.75 Å². The van der Waals surface area contributed by atoms with Crippen molar-refractivity contribution in [1.29, 1.82) is 0 Å². The van der Waals surface area contributed by atoms with E-state index in [0.717, 1.165) is 5.56 Å². The predicted molar refractivity (Wildman–Crippen MR) is 111 cm³/mol. The van der Waals surface area contributed by atoms with E-state index in [1.807, 2.05) is 0 Å². The van der Waals surface area contributed by atoms with Gasteiger partial charge in [-0.25, -0.2) is 8.42 Å². The van der Waals surface area contributed by atoms with Crippen LogP contribution in [0.1, 0.15) is 35.2 Å². The number of ether oxygens (including phenoxy) is 1. The van der Waals surface area contributed by atoms with Gasteiger partial charge in [-0.05, 0) is 61.2 Å². The minimum absolute atomic E-state index is 0.00182. The lowest BCUT2D eigenvalue weighted by Gasteiger charge is -2.30. The van der Waals surface area contributed by atoms with E-state index in [2.05, 4.69) is 0 Å². The van der Waals surface area contributed by atoms with E-state index in [4.69, 9.17) is 9.84 Å². The molecule has 0 atom stereocenters. The van der Waals surface area contributed by atoms with Gasteiger partial charge in [0.25, 0.3) is 0 Å². The Hall–Kier alpha value is -2.71. The van der Waals surface area contributed by atoms with Crippen LogP contribution in [0.15, 0.2) is 53.4 Å². The third-order valence-corrected chi connectivity index (χ3v) is 7.30. The molecule has 1 aliphatic rings. The molecule has 1 fully saturated rings. The minimum Gasteiger partial charge on any atom is -0.497 e. The van der Waals surface area contributed by atoms with Gasteiger partial charge in [0.2, 0.25) is 10.0 Å². The molecule has 0 bridgehead atoms. The Balaban J connectivity index is 1.61. The number of hydrogen-bond acceptors (Lipinski definition) is 5. The minimum atomic E-state index is -3.64. The van der Waals surface area contributed by atoms with Crippen LogP contribution in [0.4, 0.5) is 0 Å². The fourth-order valence-electron chi connectivity index (χ4n) is 3.58. The topological polar surface area (TPSA) is 101 Å². The molecule has 7 nitrogen and oxygen atoms in total. The number of ketones is 1. The van der Waals surface area contributed by atoms with Gasteiger partial charge in [0.15, 0.2) is 5.78 Å². The number of carboxylic acids is 1. The van der Waals surface area contributed by atoms with Crippen molar-refractivity contribution in [3.63, 3.8) is 0 Å². The Morgan fingerprint density at radius 2 is 1.63 bits per heavy atom. The van der Waals surface area contributed by atoms with Crippen molar-refractivity contribution in [2.45, 2.75) is 30.6 Å². The van der Waals surface area contributed by atoms with Gasteiger partial charge in [-0.2, -0.15) is 4.31 Å². The van der Waals surface area contributed by atoms with Crippen LogP contribution in [0.25, 0.3) is 0 Å². The predicted octanol–water partition coefficient (Wildman–Crippen LogP) is 3.00. The van der Waals surface area contributed by atoms with Crippen LogP contribution in [0.2, 0.25) is 0 Å². The molecule has 0 unspecified atom stereocenters. The summed E-state index contributed by atoms with van der Waals surface area (Å²) in [7, 11) is -2.08. The first-order chi connectivity index (χ1) is 14.3. The Kier molecular flexibility index (Phi) is 6.89. The number of hydrogen-bond donors (Lipinski definition) is 1. The van der Waals surface area contributed by atoms with Crippen molar-refractivity contribution in [3.8, 4) is 5.75 Å². The third-order valence-electron chi connectivity index (χ3n) is 5.39. The summed E-state index contributed by atoms with van der Waals surface area (Å²) in [4.78, 5) is 23.6. The van der Waals surface area contributed by atoms with E-state index in [-0.39, 0.29) is 36.1 Å². The molecular weight excluding hydrogens is 406 g/mol. The molecular formula is C22H25NO6S. The first-order valence-corrected chi connectivity index (χ1v) is 11.2. The van der Waals surface area contributed by atoms with Gasteiger partial charge in [-0.15, -0.1) is 0 Å². The maximum Gasteiger partial charge on any atom is 0.303 e. The molecule has 30 heavy (non-hydrogen) atoms. The SMILES string of the molecule is COc1ccc(C(=O)C2CCN(S(=O)(=O)c3ccc(CCC(=O)O)cc3)CC2)cc1. The molecule has 0 aliphatic carbocycles. The van der Waals surface area contributed by atoms with Crippen molar-refractivity contribution in [3.05, 3.63) is 59.7 Å². The van der Waals surface area contributed by atoms with Gasteiger partial charge in [-0.1, -0.05) is 12.1 Å². The lowest BCUT2D eigenvalue weighted by atomic mass is 9.89. The summed E-state index contributed by atoms with van der Waals surface area (Å²) in [5, 5.41) is 8.75. The lowest BCUT2D eigenvalue weighted by molar-refractivity contribution is -0.136. The Morgan fingerprint density at radius 3 is 2.17 bits per heavy atom. The number of nitrogens with zero attached hydrogens (tertiary/aromatic N) is 1. The Morgan fingerprint density at radius 1 is 1.03 bits per heavy atom. The normalized spacial score (nSPS) is 15.6. The second kappa shape index (κ2) is 9.40. The van der Waals surface area contributed by atoms with Crippen LogP contribution in [-0.2, 0) is 21.2 Å². The summed E-state index contributed by atoms with van der Waals surface area (Å²) < 4.78 is 32.4. The van der Waals surface area contributed by atoms with Gasteiger partial charge in [0, 0.05) is 31.0 Å². The molecule has 0 aromatic heterocycles. The number of aliphatic carboxylic acids is 1. The lowest BCUT2D eigenvalue weighted by Crippen LogP contribution is -2.40. The molecule has 1 N–H and O–H groups in total. The van der Waals surface area contributed by atoms with Crippen molar-refractivity contribution in [2.24, 2.45) is 5.92 Å². The zero-order chi connectivity index (χ0) is 21.7. The molecule has 2 aromatic carbocycles. The number of methoxy groups -OCH3 is 1. The average molecular weight is 432 g/mol. The second-order valence-electron chi connectivity index (χ2n) is 7.31. The molecule has 1 heterocycles. The van der Waals surface area contributed by atoms with Gasteiger partial charge in [-0.3, -0.25) is 9.59 Å². The molecule has 8 heteroatoms. The van der Waals surface area contributed by atoms with Crippen LogP contribution in [-0.4, -0.2) is 49.8 Å². The summed E-state index contributed by atoms with van der Waals surface area (Å²) in [6.45, 7) is 0.575. The average Bonchev–Trinajstić information content (AvgIpc) is 2.77. The smallest absolute Gasteiger partial charge is 0.303 e. The van der Waals surface area contributed by atoms with E-state index < -0.39 is 16.0 Å². The maximum atomic E-state index is 12.9. The van der Waals surface area contributed by atoms with E-state index in [1.165, 1.54) is 16.4 Å². The highest BCUT2D eigenvalue weighted by atomic mass is 32.2. The number of Topliss-reactive ketones (excluding diaryl/α,β-unsaturated/α-hetero) is 1. The quantitative estimate of drug-likeness (QED) is 0.645. The molecule has 0 saturated carbocycles. The molecule has 3 rings (SSSR count). The Labute approximate surface area is 176 Å². The number of sulfonamides is 1. The molecule has 1 aliphatic heterocycles. The van der Waals surface area contributed by atoms with Crippen molar-refractivity contribution in [1.82, 2.24) is 4.31 Å². The zero-order valence-corrected chi connectivity index (χ0v) is 17.6. The largest absolute Gasteiger partial charge is 0.497 e. The first kappa shape index (κ1) is 22.0. The van der Waals surface area contributed by atoms with Gasteiger partial charge >= 0.3 is 5.97 Å². The van der Waals surface area contributed by atoms with E-state index in [1.54, 1.807) is 43.5 Å². The Bertz CT molecular complexity index is 991. The maximum absolute atomic E-state index is 12.9. The van der Waals surface area contributed by atoms with E-state index in [9.17, 15) is 18.0 Å². The van der Waals surface area contributed by atoms with Crippen molar-refractivity contribution < 1.29 is 27.9 Å². The fraction of sp³-hybridized carbons (Fsp3) is 0.364. The molecule has 1 saturated heterocycles.